The normalized spacial score (nSPS) is 26.1. The molecule has 1 fully saturated rings. The minimum Gasteiger partial charge on any atom is -0.311 e. The highest BCUT2D eigenvalue weighted by atomic mass is 15.2. The number of aryl methyl sites for hydroxylation is 1. The molecule has 1 heterocycles. The first kappa shape index (κ1) is 12.6. The van der Waals surface area contributed by atoms with E-state index in [1.807, 2.05) is 0 Å². The Bertz CT molecular complexity index is 362. The first-order valence-electron chi connectivity index (χ1n) is 6.75. The summed E-state index contributed by atoms with van der Waals surface area (Å²) in [7, 11) is 0. The van der Waals surface area contributed by atoms with E-state index >= 15 is 0 Å². The Morgan fingerprint density at radius 1 is 1.24 bits per heavy atom. The molecule has 17 heavy (non-hydrogen) atoms. The molecule has 1 saturated heterocycles. The minimum atomic E-state index is 0.611. The van der Waals surface area contributed by atoms with Gasteiger partial charge in [-0.1, -0.05) is 31.2 Å². The number of hydrogen-bond acceptors (Lipinski definition) is 2. The summed E-state index contributed by atoms with van der Waals surface area (Å²) in [6.07, 6.45) is 1.13. The Hall–Kier alpha value is -0.860. The standard InChI is InChI=1S/C15H24N2/c1-4-14-7-5-6-8-15(14)11-17-10-12(2)16-9-13(17)3/h5-8,12-13,16H,4,9-11H2,1-3H3. The van der Waals surface area contributed by atoms with E-state index in [-0.39, 0.29) is 0 Å². The van der Waals surface area contributed by atoms with Crippen LogP contribution < -0.4 is 5.32 Å². The molecule has 2 heteroatoms. The second-order valence-corrected chi connectivity index (χ2v) is 5.21. The van der Waals surface area contributed by atoms with Gasteiger partial charge in [-0.3, -0.25) is 4.90 Å². The summed E-state index contributed by atoms with van der Waals surface area (Å²) in [5.41, 5.74) is 2.99. The second-order valence-electron chi connectivity index (χ2n) is 5.21. The quantitative estimate of drug-likeness (QED) is 0.861. The van der Waals surface area contributed by atoms with Crippen LogP contribution in [0.25, 0.3) is 0 Å². The molecule has 0 aliphatic carbocycles. The first-order valence-corrected chi connectivity index (χ1v) is 6.75. The molecule has 0 aromatic heterocycles. The van der Waals surface area contributed by atoms with Gasteiger partial charge in [0.1, 0.15) is 0 Å². The van der Waals surface area contributed by atoms with Gasteiger partial charge >= 0.3 is 0 Å². The van der Waals surface area contributed by atoms with Crippen LogP contribution >= 0.6 is 0 Å². The van der Waals surface area contributed by atoms with Gasteiger partial charge in [0.05, 0.1) is 0 Å². The van der Waals surface area contributed by atoms with Gasteiger partial charge in [-0.05, 0) is 31.4 Å². The Labute approximate surface area is 105 Å². The molecule has 0 saturated carbocycles. The van der Waals surface area contributed by atoms with Crippen molar-refractivity contribution in [2.75, 3.05) is 13.1 Å². The summed E-state index contributed by atoms with van der Waals surface area (Å²) in [5, 5.41) is 3.53. The number of benzene rings is 1. The van der Waals surface area contributed by atoms with E-state index in [0.717, 1.165) is 26.1 Å². The van der Waals surface area contributed by atoms with Crippen LogP contribution in [0.1, 0.15) is 31.9 Å². The molecule has 0 amide bonds. The van der Waals surface area contributed by atoms with E-state index in [4.69, 9.17) is 0 Å². The monoisotopic (exact) mass is 232 g/mol. The minimum absolute atomic E-state index is 0.611. The molecule has 1 aliphatic rings. The average molecular weight is 232 g/mol. The molecule has 94 valence electrons. The zero-order valence-electron chi connectivity index (χ0n) is 11.2. The number of nitrogens with zero attached hydrogens (tertiary/aromatic N) is 1. The number of piperazine rings is 1. The highest BCUT2D eigenvalue weighted by Crippen LogP contribution is 2.16. The summed E-state index contributed by atoms with van der Waals surface area (Å²) in [6.45, 7) is 10.2. The maximum atomic E-state index is 3.53. The van der Waals surface area contributed by atoms with Crippen LogP contribution in [-0.2, 0) is 13.0 Å². The molecule has 1 aromatic carbocycles. The van der Waals surface area contributed by atoms with E-state index in [1.54, 1.807) is 0 Å². The van der Waals surface area contributed by atoms with Crippen LogP contribution in [0.3, 0.4) is 0 Å². The van der Waals surface area contributed by atoms with E-state index in [0.29, 0.717) is 12.1 Å². The van der Waals surface area contributed by atoms with Crippen molar-refractivity contribution in [2.45, 2.75) is 45.8 Å². The largest absolute Gasteiger partial charge is 0.311 e. The summed E-state index contributed by atoms with van der Waals surface area (Å²) < 4.78 is 0. The van der Waals surface area contributed by atoms with Gasteiger partial charge < -0.3 is 5.32 Å². The van der Waals surface area contributed by atoms with Crippen LogP contribution in [0.15, 0.2) is 24.3 Å². The maximum absolute atomic E-state index is 3.53. The zero-order valence-corrected chi connectivity index (χ0v) is 11.2. The molecular weight excluding hydrogens is 208 g/mol. The predicted molar refractivity (Wildman–Crippen MR) is 73.2 cm³/mol. The van der Waals surface area contributed by atoms with Crippen LogP contribution in [0.5, 0.6) is 0 Å². The van der Waals surface area contributed by atoms with Crippen molar-refractivity contribution >= 4 is 0 Å². The van der Waals surface area contributed by atoms with Gasteiger partial charge in [0.25, 0.3) is 0 Å². The number of rotatable bonds is 3. The third kappa shape index (κ3) is 3.08. The molecule has 2 unspecified atom stereocenters. The molecule has 1 aromatic rings. The molecule has 2 rings (SSSR count). The number of nitrogens with one attached hydrogen (secondary N) is 1. The fraction of sp³-hybridized carbons (Fsp3) is 0.600. The fourth-order valence-corrected chi connectivity index (χ4v) is 2.59. The maximum Gasteiger partial charge on any atom is 0.0240 e. The first-order chi connectivity index (χ1) is 8.20. The lowest BCUT2D eigenvalue weighted by Crippen LogP contribution is -2.53. The fourth-order valence-electron chi connectivity index (χ4n) is 2.59. The third-order valence-electron chi connectivity index (χ3n) is 3.77. The lowest BCUT2D eigenvalue weighted by molar-refractivity contribution is 0.138. The highest BCUT2D eigenvalue weighted by molar-refractivity contribution is 5.27. The molecular formula is C15H24N2. The van der Waals surface area contributed by atoms with Crippen molar-refractivity contribution in [3.05, 3.63) is 35.4 Å². The molecule has 0 spiro atoms. The van der Waals surface area contributed by atoms with Crippen molar-refractivity contribution < 1.29 is 0 Å². The van der Waals surface area contributed by atoms with E-state index < -0.39 is 0 Å². The summed E-state index contributed by atoms with van der Waals surface area (Å²) >= 11 is 0. The van der Waals surface area contributed by atoms with Gasteiger partial charge in [0.2, 0.25) is 0 Å². The molecule has 2 nitrogen and oxygen atoms in total. The van der Waals surface area contributed by atoms with E-state index in [2.05, 4.69) is 55.3 Å². The number of hydrogen-bond donors (Lipinski definition) is 1. The SMILES string of the molecule is CCc1ccccc1CN1CC(C)NCC1C. The van der Waals surface area contributed by atoms with E-state index in [1.165, 1.54) is 11.1 Å². The summed E-state index contributed by atoms with van der Waals surface area (Å²) in [4.78, 5) is 2.59. The van der Waals surface area contributed by atoms with Gasteiger partial charge in [-0.25, -0.2) is 0 Å². The van der Waals surface area contributed by atoms with Gasteiger partial charge in [0, 0.05) is 31.7 Å². The van der Waals surface area contributed by atoms with Crippen molar-refractivity contribution in [1.82, 2.24) is 10.2 Å². The molecule has 0 radical (unpaired) electrons. The molecule has 1 N–H and O–H groups in total. The Balaban J connectivity index is 2.08. The van der Waals surface area contributed by atoms with Gasteiger partial charge in [-0.2, -0.15) is 0 Å². The lowest BCUT2D eigenvalue weighted by atomic mass is 10.0. The van der Waals surface area contributed by atoms with Crippen molar-refractivity contribution in [3.8, 4) is 0 Å². The van der Waals surface area contributed by atoms with Crippen molar-refractivity contribution in [3.63, 3.8) is 0 Å². The van der Waals surface area contributed by atoms with Crippen LogP contribution in [-0.4, -0.2) is 30.1 Å². The molecule has 1 aliphatic heterocycles. The lowest BCUT2D eigenvalue weighted by Gasteiger charge is -2.37. The van der Waals surface area contributed by atoms with E-state index in [9.17, 15) is 0 Å². The zero-order chi connectivity index (χ0) is 12.3. The average Bonchev–Trinajstić information content (AvgIpc) is 2.34. The van der Waals surface area contributed by atoms with Crippen LogP contribution in [0.2, 0.25) is 0 Å². The Morgan fingerprint density at radius 2 is 1.94 bits per heavy atom. The van der Waals surface area contributed by atoms with Gasteiger partial charge in [-0.15, -0.1) is 0 Å². The predicted octanol–water partition coefficient (Wildman–Crippen LogP) is 2.43. The van der Waals surface area contributed by atoms with Crippen LogP contribution in [0, 0.1) is 0 Å². The topological polar surface area (TPSA) is 15.3 Å². The smallest absolute Gasteiger partial charge is 0.0240 e. The highest BCUT2D eigenvalue weighted by Gasteiger charge is 2.22. The molecule has 0 bridgehead atoms. The summed E-state index contributed by atoms with van der Waals surface area (Å²) in [5.74, 6) is 0. The Morgan fingerprint density at radius 3 is 2.65 bits per heavy atom. The second kappa shape index (κ2) is 5.65. The summed E-state index contributed by atoms with van der Waals surface area (Å²) in [6, 6.07) is 10.1. The van der Waals surface area contributed by atoms with Gasteiger partial charge in [0.15, 0.2) is 0 Å². The van der Waals surface area contributed by atoms with Crippen LogP contribution in [0.4, 0.5) is 0 Å². The molecule has 2 atom stereocenters. The Kier molecular flexibility index (Phi) is 4.19. The van der Waals surface area contributed by atoms with Crippen molar-refractivity contribution in [2.24, 2.45) is 0 Å². The third-order valence-corrected chi connectivity index (χ3v) is 3.77. The van der Waals surface area contributed by atoms with Crippen molar-refractivity contribution in [1.29, 1.82) is 0 Å².